The molecule has 0 aliphatic carbocycles. The van der Waals surface area contributed by atoms with E-state index in [0.717, 1.165) is 37.6 Å². The number of hydrogen-bond acceptors (Lipinski definition) is 9. The van der Waals surface area contributed by atoms with Crippen LogP contribution in [-0.2, 0) is 11.2 Å². The predicted molar refractivity (Wildman–Crippen MR) is 143 cm³/mol. The number of primary amides is 1. The highest BCUT2D eigenvalue weighted by Crippen LogP contribution is 2.28. The minimum absolute atomic E-state index is 0.00676. The molecule has 1 saturated heterocycles. The molecule has 11 nitrogen and oxygen atoms in total. The Kier molecular flexibility index (Phi) is 7.94. The second-order valence-corrected chi connectivity index (χ2v) is 8.53. The van der Waals surface area contributed by atoms with Crippen LogP contribution < -0.4 is 26.0 Å². The standard InChI is InChI=1S/C26H30N8O3/c1-4-20-26(37-22-16-18(10-11-28-22)29-21(35)5-2)32-25(23(31-20)24(27)36)30-17-6-8-19(9-7-17)34-14-12-33(3)13-15-34/h5-11,16H,2,4,12-15H2,1,3H3,(H2,27,36)(H,30,32)(H,28,29,35). The summed E-state index contributed by atoms with van der Waals surface area (Å²) in [4.78, 5) is 41.6. The van der Waals surface area contributed by atoms with Gasteiger partial charge in [0.15, 0.2) is 11.5 Å². The fourth-order valence-corrected chi connectivity index (χ4v) is 3.82. The van der Waals surface area contributed by atoms with E-state index >= 15 is 0 Å². The summed E-state index contributed by atoms with van der Waals surface area (Å²) in [6, 6.07) is 11.1. The van der Waals surface area contributed by atoms with Crippen molar-refractivity contribution in [2.75, 3.05) is 48.8 Å². The van der Waals surface area contributed by atoms with Gasteiger partial charge in [-0.1, -0.05) is 13.5 Å². The number of nitrogens with one attached hydrogen (secondary N) is 2. The van der Waals surface area contributed by atoms with E-state index in [-0.39, 0.29) is 29.2 Å². The number of carbonyl (C=O) groups is 2. The smallest absolute Gasteiger partial charge is 0.271 e. The highest BCUT2D eigenvalue weighted by molar-refractivity contribution is 5.99. The van der Waals surface area contributed by atoms with Crippen LogP contribution >= 0.6 is 0 Å². The van der Waals surface area contributed by atoms with Crippen LogP contribution in [0.5, 0.6) is 11.8 Å². The maximum absolute atomic E-state index is 12.2. The van der Waals surface area contributed by atoms with E-state index in [1.807, 2.05) is 31.2 Å². The highest BCUT2D eigenvalue weighted by Gasteiger charge is 2.20. The van der Waals surface area contributed by atoms with Crippen LogP contribution in [0.1, 0.15) is 23.1 Å². The van der Waals surface area contributed by atoms with Crippen molar-refractivity contribution in [3.63, 3.8) is 0 Å². The fraction of sp³-hybridized carbons (Fsp3) is 0.269. The molecular weight excluding hydrogens is 472 g/mol. The van der Waals surface area contributed by atoms with Gasteiger partial charge in [0.25, 0.3) is 5.91 Å². The third-order valence-electron chi connectivity index (χ3n) is 5.89. The van der Waals surface area contributed by atoms with Gasteiger partial charge in [0.1, 0.15) is 5.69 Å². The van der Waals surface area contributed by atoms with Crippen molar-refractivity contribution in [2.24, 2.45) is 5.73 Å². The Morgan fingerprint density at radius 1 is 1.11 bits per heavy atom. The topological polar surface area (TPSA) is 139 Å². The van der Waals surface area contributed by atoms with Crippen molar-refractivity contribution in [3.05, 3.63) is 66.6 Å². The maximum Gasteiger partial charge on any atom is 0.271 e. The van der Waals surface area contributed by atoms with Crippen molar-refractivity contribution in [1.82, 2.24) is 19.9 Å². The molecule has 2 amide bonds. The number of likely N-dealkylation sites (N-methyl/N-ethyl adjacent to an activating group) is 1. The first-order valence-electron chi connectivity index (χ1n) is 11.9. The molecule has 0 bridgehead atoms. The van der Waals surface area contributed by atoms with Crippen molar-refractivity contribution in [2.45, 2.75) is 13.3 Å². The summed E-state index contributed by atoms with van der Waals surface area (Å²) in [5.41, 5.74) is 8.38. The van der Waals surface area contributed by atoms with Crippen LogP contribution in [0.2, 0.25) is 0 Å². The molecule has 0 spiro atoms. The molecule has 3 heterocycles. The Labute approximate surface area is 215 Å². The third-order valence-corrected chi connectivity index (χ3v) is 5.89. The zero-order valence-corrected chi connectivity index (χ0v) is 20.9. The first kappa shape index (κ1) is 25.6. The number of piperazine rings is 1. The molecule has 4 rings (SSSR count). The normalized spacial score (nSPS) is 13.6. The van der Waals surface area contributed by atoms with Crippen molar-refractivity contribution >= 4 is 34.7 Å². The number of nitrogens with zero attached hydrogens (tertiary/aromatic N) is 5. The molecule has 1 fully saturated rings. The van der Waals surface area contributed by atoms with E-state index in [2.05, 4.69) is 49.0 Å². The van der Waals surface area contributed by atoms with Crippen LogP contribution in [0.15, 0.2) is 55.3 Å². The molecule has 3 aromatic rings. The number of benzene rings is 1. The Morgan fingerprint density at radius 3 is 2.49 bits per heavy atom. The van der Waals surface area contributed by atoms with Gasteiger partial charge in [0.2, 0.25) is 17.7 Å². The Morgan fingerprint density at radius 2 is 1.84 bits per heavy atom. The molecule has 0 atom stereocenters. The Hall–Kier alpha value is -4.51. The van der Waals surface area contributed by atoms with Gasteiger partial charge in [0.05, 0.1) is 0 Å². The number of anilines is 4. The molecule has 37 heavy (non-hydrogen) atoms. The molecule has 0 saturated carbocycles. The molecule has 1 aromatic carbocycles. The molecule has 2 aromatic heterocycles. The summed E-state index contributed by atoms with van der Waals surface area (Å²) in [5, 5.41) is 5.80. The van der Waals surface area contributed by atoms with E-state index in [9.17, 15) is 9.59 Å². The maximum atomic E-state index is 12.2. The summed E-state index contributed by atoms with van der Waals surface area (Å²) < 4.78 is 5.91. The molecule has 0 unspecified atom stereocenters. The molecule has 11 heteroatoms. The summed E-state index contributed by atoms with van der Waals surface area (Å²) in [5.74, 6) is -0.535. The summed E-state index contributed by atoms with van der Waals surface area (Å²) in [6.45, 7) is 9.26. The summed E-state index contributed by atoms with van der Waals surface area (Å²) >= 11 is 0. The summed E-state index contributed by atoms with van der Waals surface area (Å²) in [6.07, 6.45) is 3.10. The summed E-state index contributed by atoms with van der Waals surface area (Å²) in [7, 11) is 2.12. The molecule has 1 aliphatic rings. The monoisotopic (exact) mass is 502 g/mol. The number of nitrogens with two attached hydrogens (primary N) is 1. The largest absolute Gasteiger partial charge is 0.419 e. The number of ether oxygens (including phenoxy) is 1. The van der Waals surface area contributed by atoms with Crippen molar-refractivity contribution in [1.29, 1.82) is 0 Å². The van der Waals surface area contributed by atoms with E-state index in [4.69, 9.17) is 10.5 Å². The molecule has 4 N–H and O–H groups in total. The lowest BCUT2D eigenvalue weighted by atomic mass is 10.2. The lowest BCUT2D eigenvalue weighted by Crippen LogP contribution is -2.44. The van der Waals surface area contributed by atoms with Crippen molar-refractivity contribution < 1.29 is 14.3 Å². The number of pyridine rings is 1. The van der Waals surface area contributed by atoms with Crippen LogP contribution in [0, 0.1) is 0 Å². The van der Waals surface area contributed by atoms with Crippen LogP contribution in [0.3, 0.4) is 0 Å². The first-order chi connectivity index (χ1) is 17.9. The third kappa shape index (κ3) is 6.39. The second-order valence-electron chi connectivity index (χ2n) is 8.53. The van der Waals surface area contributed by atoms with Gasteiger partial charge in [-0.25, -0.2) is 9.97 Å². The molecule has 0 radical (unpaired) electrons. The minimum Gasteiger partial charge on any atom is -0.419 e. The van der Waals surface area contributed by atoms with E-state index < -0.39 is 5.91 Å². The number of hydrogen-bond donors (Lipinski definition) is 3. The van der Waals surface area contributed by atoms with Gasteiger partial charge >= 0.3 is 0 Å². The van der Waals surface area contributed by atoms with Crippen LogP contribution in [-0.4, -0.2) is 64.9 Å². The molecule has 192 valence electrons. The first-order valence-corrected chi connectivity index (χ1v) is 11.9. The Balaban J connectivity index is 1.58. The second kappa shape index (κ2) is 11.5. The predicted octanol–water partition coefficient (Wildman–Crippen LogP) is 2.95. The average molecular weight is 503 g/mol. The van der Waals surface area contributed by atoms with Gasteiger partial charge in [-0.3, -0.25) is 9.59 Å². The fourth-order valence-electron chi connectivity index (χ4n) is 3.82. The molecule has 1 aliphatic heterocycles. The zero-order valence-electron chi connectivity index (χ0n) is 20.9. The van der Waals surface area contributed by atoms with Crippen LogP contribution in [0.4, 0.5) is 22.9 Å². The highest BCUT2D eigenvalue weighted by atomic mass is 16.5. The molecular formula is C26H30N8O3. The van der Waals surface area contributed by atoms with E-state index in [1.54, 1.807) is 12.1 Å². The number of rotatable bonds is 9. The van der Waals surface area contributed by atoms with Crippen molar-refractivity contribution in [3.8, 4) is 11.8 Å². The average Bonchev–Trinajstić information content (AvgIpc) is 2.90. The van der Waals surface area contributed by atoms with Gasteiger partial charge in [-0.15, -0.1) is 0 Å². The van der Waals surface area contributed by atoms with E-state index in [0.29, 0.717) is 17.8 Å². The number of amides is 2. The Bertz CT molecular complexity index is 1290. The van der Waals surface area contributed by atoms with Gasteiger partial charge in [-0.05, 0) is 49.9 Å². The number of aromatic nitrogens is 3. The number of carbonyl (C=O) groups excluding carboxylic acids is 2. The SMILES string of the molecule is C=CC(=O)Nc1ccnc(Oc2nc(Nc3ccc(N4CCN(C)CC4)cc3)c(C(N)=O)nc2CC)c1. The van der Waals surface area contributed by atoms with Crippen LogP contribution in [0.25, 0.3) is 0 Å². The zero-order chi connectivity index (χ0) is 26.4. The minimum atomic E-state index is -0.711. The quantitative estimate of drug-likeness (QED) is 0.377. The number of aryl methyl sites for hydroxylation is 1. The van der Waals surface area contributed by atoms with Gasteiger partial charge in [-0.2, -0.15) is 4.98 Å². The lowest BCUT2D eigenvalue weighted by Gasteiger charge is -2.34. The van der Waals surface area contributed by atoms with Gasteiger partial charge < -0.3 is 30.9 Å². The van der Waals surface area contributed by atoms with E-state index in [1.165, 1.54) is 12.3 Å². The lowest BCUT2D eigenvalue weighted by molar-refractivity contribution is -0.111. The van der Waals surface area contributed by atoms with Gasteiger partial charge in [0, 0.05) is 55.5 Å².